The van der Waals surface area contributed by atoms with Gasteiger partial charge >= 0.3 is 0 Å². The fourth-order valence-electron chi connectivity index (χ4n) is 2.86. The van der Waals surface area contributed by atoms with Crippen LogP contribution in [0.3, 0.4) is 0 Å². The lowest BCUT2D eigenvalue weighted by Gasteiger charge is -2.06. The van der Waals surface area contributed by atoms with E-state index in [1.54, 1.807) is 12.1 Å². The van der Waals surface area contributed by atoms with Crippen molar-refractivity contribution in [2.24, 2.45) is 0 Å². The number of amides is 1. The number of aryl methyl sites for hydroxylation is 1. The molecule has 1 saturated carbocycles. The number of rotatable bonds is 5. The lowest BCUT2D eigenvalue weighted by atomic mass is 10.1. The average molecular weight is 425 g/mol. The Bertz CT molecular complexity index is 918. The van der Waals surface area contributed by atoms with Gasteiger partial charge in [-0.25, -0.2) is 4.39 Å². The third-order valence-electron chi connectivity index (χ3n) is 4.48. The van der Waals surface area contributed by atoms with Gasteiger partial charge in [0.25, 0.3) is 0 Å². The SMILES string of the molecule is Cc1ccccc1NC(=O)/C=C/C=C/C1(F)CC1c1cc(Cl)c(Cl)c(Cl)c1. The fraction of sp³-hybridized carbons (Fsp3) is 0.190. The van der Waals surface area contributed by atoms with E-state index in [2.05, 4.69) is 5.32 Å². The van der Waals surface area contributed by atoms with Crippen molar-refractivity contribution in [3.8, 4) is 0 Å². The van der Waals surface area contributed by atoms with E-state index in [9.17, 15) is 9.18 Å². The number of para-hydroxylation sites is 1. The summed E-state index contributed by atoms with van der Waals surface area (Å²) in [6.07, 6.45) is 6.20. The molecule has 0 aliphatic heterocycles. The largest absolute Gasteiger partial charge is 0.322 e. The molecule has 0 spiro atoms. The standard InChI is InChI=1S/C21H17Cl3FNO/c1-13-6-2-3-7-18(13)26-19(27)8-4-5-9-21(25)12-15(21)14-10-16(22)20(24)17(23)11-14/h2-11,15H,12H2,1H3,(H,26,27)/b8-4+,9-5+. The zero-order valence-electron chi connectivity index (χ0n) is 14.5. The second-order valence-electron chi connectivity index (χ2n) is 6.50. The lowest BCUT2D eigenvalue weighted by molar-refractivity contribution is -0.111. The van der Waals surface area contributed by atoms with E-state index in [4.69, 9.17) is 34.8 Å². The minimum atomic E-state index is -1.47. The molecule has 3 rings (SSSR count). The van der Waals surface area contributed by atoms with Crippen LogP contribution >= 0.6 is 34.8 Å². The molecule has 2 aromatic rings. The van der Waals surface area contributed by atoms with Crippen LogP contribution in [0.2, 0.25) is 15.1 Å². The summed E-state index contributed by atoms with van der Waals surface area (Å²) in [5, 5.41) is 3.67. The van der Waals surface area contributed by atoms with Crippen LogP contribution in [0.15, 0.2) is 60.7 Å². The zero-order valence-corrected chi connectivity index (χ0v) is 16.7. The van der Waals surface area contributed by atoms with E-state index in [1.807, 2.05) is 31.2 Å². The first-order valence-corrected chi connectivity index (χ1v) is 9.49. The number of nitrogens with one attached hydrogen (secondary N) is 1. The molecule has 1 aliphatic rings. The Morgan fingerprint density at radius 2 is 1.85 bits per heavy atom. The normalized spacial score (nSPS) is 21.7. The number of carbonyl (C=O) groups is 1. The van der Waals surface area contributed by atoms with E-state index >= 15 is 0 Å². The second-order valence-corrected chi connectivity index (χ2v) is 7.70. The van der Waals surface area contributed by atoms with E-state index in [-0.39, 0.29) is 16.8 Å². The van der Waals surface area contributed by atoms with Crippen LogP contribution in [-0.2, 0) is 4.79 Å². The Morgan fingerprint density at radius 3 is 2.52 bits per heavy atom. The van der Waals surface area contributed by atoms with Crippen molar-refractivity contribution in [1.29, 1.82) is 0 Å². The monoisotopic (exact) mass is 423 g/mol. The van der Waals surface area contributed by atoms with Crippen LogP contribution < -0.4 is 5.32 Å². The van der Waals surface area contributed by atoms with Crippen molar-refractivity contribution in [3.05, 3.63) is 86.9 Å². The summed E-state index contributed by atoms with van der Waals surface area (Å²) in [5.74, 6) is -0.597. The molecule has 0 aromatic heterocycles. The Labute approximate surface area is 172 Å². The van der Waals surface area contributed by atoms with Gasteiger partial charge in [-0.2, -0.15) is 0 Å². The van der Waals surface area contributed by atoms with Crippen molar-refractivity contribution in [1.82, 2.24) is 0 Å². The Hall–Kier alpha value is -1.81. The molecule has 1 aliphatic carbocycles. The third-order valence-corrected chi connectivity index (χ3v) is 5.68. The fourth-order valence-corrected chi connectivity index (χ4v) is 3.47. The van der Waals surface area contributed by atoms with Gasteiger partial charge in [-0.3, -0.25) is 4.79 Å². The summed E-state index contributed by atoms with van der Waals surface area (Å²) < 4.78 is 14.8. The Morgan fingerprint density at radius 1 is 1.19 bits per heavy atom. The third kappa shape index (κ3) is 4.73. The number of hydrogen-bond donors (Lipinski definition) is 1. The van der Waals surface area contributed by atoms with Crippen LogP contribution in [0.25, 0.3) is 0 Å². The van der Waals surface area contributed by atoms with E-state index in [1.165, 1.54) is 24.3 Å². The number of alkyl halides is 1. The molecule has 2 atom stereocenters. The first-order valence-electron chi connectivity index (χ1n) is 8.36. The molecule has 0 radical (unpaired) electrons. The molecule has 2 nitrogen and oxygen atoms in total. The zero-order chi connectivity index (χ0) is 19.6. The smallest absolute Gasteiger partial charge is 0.248 e. The van der Waals surface area contributed by atoms with Crippen molar-refractivity contribution in [2.45, 2.75) is 24.9 Å². The maximum Gasteiger partial charge on any atom is 0.248 e. The van der Waals surface area contributed by atoms with Crippen molar-refractivity contribution in [3.63, 3.8) is 0 Å². The minimum absolute atomic E-state index is 0.269. The van der Waals surface area contributed by atoms with Crippen LogP contribution in [-0.4, -0.2) is 11.6 Å². The number of halogens is 4. The summed E-state index contributed by atoms with van der Waals surface area (Å²) in [6, 6.07) is 10.8. The van der Waals surface area contributed by atoms with Gasteiger partial charge in [-0.15, -0.1) is 0 Å². The highest BCUT2D eigenvalue weighted by atomic mass is 35.5. The second kappa shape index (κ2) is 8.05. The van der Waals surface area contributed by atoms with E-state index in [0.29, 0.717) is 22.0 Å². The highest BCUT2D eigenvalue weighted by molar-refractivity contribution is 6.48. The van der Waals surface area contributed by atoms with Gasteiger partial charge in [0.2, 0.25) is 5.91 Å². The van der Waals surface area contributed by atoms with Crippen molar-refractivity contribution < 1.29 is 9.18 Å². The summed E-state index contributed by atoms with van der Waals surface area (Å²) in [4.78, 5) is 11.9. The molecule has 1 fully saturated rings. The van der Waals surface area contributed by atoms with Gasteiger partial charge in [0, 0.05) is 17.7 Å². The molecule has 6 heteroatoms. The molecule has 0 saturated heterocycles. The van der Waals surface area contributed by atoms with Crippen LogP contribution in [0, 0.1) is 6.92 Å². The molecule has 1 amide bonds. The predicted octanol–water partition coefficient (Wildman–Crippen LogP) is 6.90. The number of anilines is 1. The minimum Gasteiger partial charge on any atom is -0.322 e. The maximum atomic E-state index is 14.8. The van der Waals surface area contributed by atoms with Gasteiger partial charge in [-0.05, 0) is 48.7 Å². The number of carbonyl (C=O) groups excluding carboxylic acids is 1. The Kier molecular flexibility index (Phi) is 5.95. The number of benzene rings is 2. The number of allylic oxidation sites excluding steroid dienone is 3. The summed E-state index contributed by atoms with van der Waals surface area (Å²) in [5.41, 5.74) is 0.954. The summed E-state index contributed by atoms with van der Waals surface area (Å²) in [6.45, 7) is 1.91. The van der Waals surface area contributed by atoms with Gasteiger partial charge in [0.15, 0.2) is 0 Å². The molecular formula is C21H17Cl3FNO. The van der Waals surface area contributed by atoms with Crippen molar-refractivity contribution >= 4 is 46.4 Å². The van der Waals surface area contributed by atoms with Gasteiger partial charge in [0.05, 0.1) is 15.1 Å². The molecule has 27 heavy (non-hydrogen) atoms. The van der Waals surface area contributed by atoms with Crippen LogP contribution in [0.5, 0.6) is 0 Å². The lowest BCUT2D eigenvalue weighted by Crippen LogP contribution is -2.08. The molecule has 2 unspecified atom stereocenters. The van der Waals surface area contributed by atoms with E-state index in [0.717, 1.165) is 11.3 Å². The molecular weight excluding hydrogens is 408 g/mol. The average Bonchev–Trinajstić information content (AvgIpc) is 3.30. The molecule has 2 aromatic carbocycles. The molecule has 0 heterocycles. The number of hydrogen-bond acceptors (Lipinski definition) is 1. The van der Waals surface area contributed by atoms with Gasteiger partial charge < -0.3 is 5.32 Å². The summed E-state index contributed by atoms with van der Waals surface area (Å²) >= 11 is 17.9. The molecule has 0 bridgehead atoms. The Balaban J connectivity index is 1.59. The topological polar surface area (TPSA) is 29.1 Å². The van der Waals surface area contributed by atoms with Gasteiger partial charge in [-0.1, -0.05) is 65.2 Å². The first kappa shape index (κ1) is 19.9. The first-order chi connectivity index (χ1) is 12.8. The maximum absolute atomic E-state index is 14.8. The van der Waals surface area contributed by atoms with Gasteiger partial charge in [0.1, 0.15) is 5.67 Å². The highest BCUT2D eigenvalue weighted by Gasteiger charge is 2.54. The molecule has 1 N–H and O–H groups in total. The van der Waals surface area contributed by atoms with Crippen LogP contribution in [0.1, 0.15) is 23.5 Å². The quantitative estimate of drug-likeness (QED) is 0.315. The van der Waals surface area contributed by atoms with Crippen molar-refractivity contribution in [2.75, 3.05) is 5.32 Å². The molecule has 140 valence electrons. The highest BCUT2D eigenvalue weighted by Crippen LogP contribution is 2.56. The van der Waals surface area contributed by atoms with E-state index < -0.39 is 5.67 Å². The predicted molar refractivity (Wildman–Crippen MR) is 111 cm³/mol. The van der Waals surface area contributed by atoms with Crippen LogP contribution in [0.4, 0.5) is 10.1 Å². The summed E-state index contributed by atoms with van der Waals surface area (Å²) in [7, 11) is 0.